The Balaban J connectivity index is 1.71. The summed E-state index contributed by atoms with van der Waals surface area (Å²) in [6, 6.07) is 4.19. The summed E-state index contributed by atoms with van der Waals surface area (Å²) in [6.07, 6.45) is 1.52. The molecule has 0 radical (unpaired) electrons. The molecule has 5 nitrogen and oxygen atoms in total. The lowest BCUT2D eigenvalue weighted by atomic mass is 9.94. The van der Waals surface area contributed by atoms with Crippen molar-refractivity contribution in [2.24, 2.45) is 0 Å². The van der Waals surface area contributed by atoms with Crippen LogP contribution in [0.4, 0.5) is 19.0 Å². The first-order chi connectivity index (χ1) is 14.3. The molecule has 1 aromatic heterocycles. The smallest absolute Gasteiger partial charge is 0.416 e. The molecule has 2 heterocycles. The summed E-state index contributed by atoms with van der Waals surface area (Å²) < 4.78 is 39.7. The van der Waals surface area contributed by atoms with Crippen LogP contribution in [0, 0.1) is 0 Å². The monoisotopic (exact) mass is 420 g/mol. The fourth-order valence-corrected chi connectivity index (χ4v) is 4.52. The second-order valence-electron chi connectivity index (χ2n) is 8.44. The number of fused-ring (bicyclic) bond motifs is 3. The lowest BCUT2D eigenvalue weighted by molar-refractivity contribution is -0.137. The minimum Gasteiger partial charge on any atom is -0.507 e. The Hall–Kier alpha value is -2.35. The number of hydrogen-bond donors (Lipinski definition) is 2. The summed E-state index contributed by atoms with van der Waals surface area (Å²) in [6.45, 7) is 2.02. The Morgan fingerprint density at radius 1 is 1.03 bits per heavy atom. The number of hydrogen-bond acceptors (Lipinski definition) is 5. The maximum atomic E-state index is 13.2. The summed E-state index contributed by atoms with van der Waals surface area (Å²) in [7, 11) is 2.10. The highest BCUT2D eigenvalue weighted by atomic mass is 19.4. The number of nitrogens with one attached hydrogen (secondary N) is 1. The molecular formula is C22H27F3N4O. The lowest BCUT2D eigenvalue weighted by Gasteiger charge is -2.30. The molecule has 1 aromatic carbocycles. The number of benzene rings is 1. The van der Waals surface area contributed by atoms with E-state index in [1.54, 1.807) is 0 Å². The molecule has 30 heavy (non-hydrogen) atoms. The molecule has 1 atom stereocenters. The number of nitrogens with zero attached hydrogens (tertiary/aromatic N) is 3. The van der Waals surface area contributed by atoms with Gasteiger partial charge in [-0.15, -0.1) is 10.2 Å². The predicted octanol–water partition coefficient (Wildman–Crippen LogP) is 4.64. The minimum absolute atomic E-state index is 0.294. The zero-order valence-electron chi connectivity index (χ0n) is 17.1. The van der Waals surface area contributed by atoms with E-state index in [9.17, 15) is 18.3 Å². The molecule has 2 aromatic rings. The third-order valence-electron chi connectivity index (χ3n) is 6.00. The van der Waals surface area contributed by atoms with Crippen LogP contribution >= 0.6 is 0 Å². The van der Waals surface area contributed by atoms with E-state index in [0.717, 1.165) is 69.3 Å². The summed E-state index contributed by atoms with van der Waals surface area (Å²) in [5, 5.41) is 22.7. The van der Waals surface area contributed by atoms with Gasteiger partial charge in [0.2, 0.25) is 0 Å². The third-order valence-corrected chi connectivity index (χ3v) is 6.00. The second kappa shape index (κ2) is 8.41. The number of phenolic OH excluding ortho intramolecular Hbond substituents is 1. The first kappa shape index (κ1) is 20.9. The van der Waals surface area contributed by atoms with Crippen LogP contribution < -0.4 is 5.32 Å². The standard InChI is InChI=1S/C22H27F3N4O/c1-29-9-5-8-17(13-29)26-19-11-15-7-4-2-3-6-14-10-16(22(23,24)25)12-18(30)20(14)21(15)28-27-19/h10-12,17,30H,2-9,13H2,1H3,(H,26,27). The Morgan fingerprint density at radius 2 is 1.80 bits per heavy atom. The van der Waals surface area contributed by atoms with Crippen molar-refractivity contribution in [3.8, 4) is 17.0 Å². The van der Waals surface area contributed by atoms with Gasteiger partial charge < -0.3 is 15.3 Å². The fraction of sp³-hybridized carbons (Fsp3) is 0.545. The van der Waals surface area contributed by atoms with Crippen molar-refractivity contribution in [2.45, 2.75) is 57.2 Å². The van der Waals surface area contributed by atoms with Crippen LogP contribution in [0.2, 0.25) is 0 Å². The van der Waals surface area contributed by atoms with E-state index in [2.05, 4.69) is 27.5 Å². The van der Waals surface area contributed by atoms with Gasteiger partial charge in [-0.05, 0) is 81.4 Å². The van der Waals surface area contributed by atoms with Gasteiger partial charge in [0, 0.05) is 18.2 Å². The molecular weight excluding hydrogens is 393 g/mol. The van der Waals surface area contributed by atoms with Crippen molar-refractivity contribution >= 4 is 5.82 Å². The van der Waals surface area contributed by atoms with E-state index in [0.29, 0.717) is 35.1 Å². The minimum atomic E-state index is -4.50. The van der Waals surface area contributed by atoms with Gasteiger partial charge in [0.05, 0.1) is 5.56 Å². The van der Waals surface area contributed by atoms with Gasteiger partial charge >= 0.3 is 6.18 Å². The Kier molecular flexibility index (Phi) is 5.86. The third kappa shape index (κ3) is 4.53. The Bertz CT molecular complexity index is 916. The van der Waals surface area contributed by atoms with E-state index in [1.165, 1.54) is 0 Å². The van der Waals surface area contributed by atoms with Crippen molar-refractivity contribution in [3.63, 3.8) is 0 Å². The van der Waals surface area contributed by atoms with Gasteiger partial charge in [-0.1, -0.05) is 6.42 Å². The number of piperidine rings is 1. The molecule has 0 amide bonds. The largest absolute Gasteiger partial charge is 0.507 e. The average molecular weight is 420 g/mol. The van der Waals surface area contributed by atoms with Crippen LogP contribution in [0.1, 0.15) is 48.8 Å². The number of rotatable bonds is 2. The summed E-state index contributed by atoms with van der Waals surface area (Å²) in [5.74, 6) is 0.299. The molecule has 4 rings (SSSR count). The van der Waals surface area contributed by atoms with Crippen molar-refractivity contribution in [1.29, 1.82) is 0 Å². The van der Waals surface area contributed by atoms with Crippen molar-refractivity contribution < 1.29 is 18.3 Å². The maximum Gasteiger partial charge on any atom is 0.416 e. The molecule has 1 fully saturated rings. The van der Waals surface area contributed by atoms with E-state index >= 15 is 0 Å². The molecule has 1 aliphatic heterocycles. The van der Waals surface area contributed by atoms with Crippen LogP contribution in [0.15, 0.2) is 18.2 Å². The van der Waals surface area contributed by atoms with Gasteiger partial charge in [-0.3, -0.25) is 0 Å². The van der Waals surface area contributed by atoms with Gasteiger partial charge in [0.15, 0.2) is 0 Å². The molecule has 1 saturated heterocycles. The number of aryl methyl sites for hydroxylation is 2. The average Bonchev–Trinajstić information content (AvgIpc) is 2.76. The molecule has 0 saturated carbocycles. The van der Waals surface area contributed by atoms with Gasteiger partial charge in [0.25, 0.3) is 0 Å². The molecule has 2 N–H and O–H groups in total. The van der Waals surface area contributed by atoms with Crippen LogP contribution in [0.5, 0.6) is 5.75 Å². The summed E-state index contributed by atoms with van der Waals surface area (Å²) in [5.41, 5.74) is 1.44. The number of aromatic hydroxyl groups is 1. The number of likely N-dealkylation sites (tertiary alicyclic amines) is 1. The zero-order valence-corrected chi connectivity index (χ0v) is 17.1. The van der Waals surface area contributed by atoms with E-state index in [4.69, 9.17) is 0 Å². The van der Waals surface area contributed by atoms with E-state index < -0.39 is 11.7 Å². The number of halogens is 3. The topological polar surface area (TPSA) is 61.3 Å². The first-order valence-electron chi connectivity index (χ1n) is 10.6. The molecule has 162 valence electrons. The van der Waals surface area contributed by atoms with Crippen molar-refractivity contribution in [2.75, 3.05) is 25.5 Å². The quantitative estimate of drug-likeness (QED) is 0.741. The number of anilines is 1. The van der Waals surface area contributed by atoms with Crippen LogP contribution in [-0.4, -0.2) is 46.4 Å². The highest BCUT2D eigenvalue weighted by Crippen LogP contribution is 2.41. The van der Waals surface area contributed by atoms with Crippen molar-refractivity contribution in [1.82, 2.24) is 15.1 Å². The lowest BCUT2D eigenvalue weighted by Crippen LogP contribution is -2.39. The van der Waals surface area contributed by atoms with Gasteiger partial charge in [-0.2, -0.15) is 13.2 Å². The number of phenols is 1. The maximum absolute atomic E-state index is 13.2. The molecule has 1 unspecified atom stereocenters. The number of alkyl halides is 3. The predicted molar refractivity (Wildman–Crippen MR) is 110 cm³/mol. The van der Waals surface area contributed by atoms with E-state index in [1.807, 2.05) is 6.07 Å². The molecule has 2 aliphatic rings. The second-order valence-corrected chi connectivity index (χ2v) is 8.44. The normalized spacial score (nSPS) is 20.5. The molecule has 0 spiro atoms. The van der Waals surface area contributed by atoms with E-state index in [-0.39, 0.29) is 5.75 Å². The first-order valence-corrected chi connectivity index (χ1v) is 10.6. The summed E-state index contributed by atoms with van der Waals surface area (Å²) >= 11 is 0. The SMILES string of the molecule is CN1CCCC(Nc2cc3c(nn2)-c2c(O)cc(C(F)(F)F)cc2CCCCC3)C1. The number of aromatic nitrogens is 2. The van der Waals surface area contributed by atoms with Crippen LogP contribution in [-0.2, 0) is 19.0 Å². The molecule has 8 heteroatoms. The molecule has 0 bridgehead atoms. The van der Waals surface area contributed by atoms with Crippen molar-refractivity contribution in [3.05, 3.63) is 34.9 Å². The fourth-order valence-electron chi connectivity index (χ4n) is 4.52. The molecule has 1 aliphatic carbocycles. The van der Waals surface area contributed by atoms with Gasteiger partial charge in [-0.25, -0.2) is 0 Å². The van der Waals surface area contributed by atoms with Crippen LogP contribution in [0.3, 0.4) is 0 Å². The highest BCUT2D eigenvalue weighted by molar-refractivity contribution is 5.74. The highest BCUT2D eigenvalue weighted by Gasteiger charge is 2.33. The number of likely N-dealkylation sites (N-methyl/N-ethyl adjacent to an activating group) is 1. The Labute approximate surface area is 174 Å². The zero-order chi connectivity index (χ0) is 21.3. The van der Waals surface area contributed by atoms with Crippen LogP contribution in [0.25, 0.3) is 11.3 Å². The van der Waals surface area contributed by atoms with Gasteiger partial charge in [0.1, 0.15) is 17.3 Å². The Morgan fingerprint density at radius 3 is 2.53 bits per heavy atom. The summed E-state index contributed by atoms with van der Waals surface area (Å²) in [4.78, 5) is 2.28.